The van der Waals surface area contributed by atoms with E-state index in [9.17, 15) is 27.6 Å². The van der Waals surface area contributed by atoms with Crippen molar-refractivity contribution in [3.8, 4) is 0 Å². The Kier molecular flexibility index (Phi) is 8.64. The molecule has 2 aromatic rings. The Morgan fingerprint density at radius 3 is 2.38 bits per heavy atom. The number of hydrogen-bond acceptors (Lipinski definition) is 4. The Morgan fingerprint density at radius 1 is 1.00 bits per heavy atom. The molecule has 4 rings (SSSR count). The van der Waals surface area contributed by atoms with Crippen LogP contribution in [-0.2, 0) is 11.0 Å². The molecule has 3 amide bonds. The van der Waals surface area contributed by atoms with Crippen molar-refractivity contribution >= 4 is 17.7 Å². The summed E-state index contributed by atoms with van der Waals surface area (Å²) in [5.74, 6) is -1.05. The monoisotopic (exact) mass is 544 g/mol. The van der Waals surface area contributed by atoms with Gasteiger partial charge in [-0.15, -0.1) is 0 Å². The molecule has 0 radical (unpaired) electrons. The second-order valence-corrected chi connectivity index (χ2v) is 10.6. The molecule has 0 bridgehead atoms. The van der Waals surface area contributed by atoms with Gasteiger partial charge in [0, 0.05) is 36.3 Å². The molecule has 2 aromatic carbocycles. The Hall–Kier alpha value is -3.40. The molecule has 2 aliphatic rings. The van der Waals surface area contributed by atoms with Crippen LogP contribution in [0.3, 0.4) is 0 Å². The second-order valence-electron chi connectivity index (χ2n) is 10.6. The lowest BCUT2D eigenvalue weighted by atomic mass is 9.78. The lowest BCUT2D eigenvalue weighted by Gasteiger charge is -2.35. The third-order valence-electron chi connectivity index (χ3n) is 8.19. The van der Waals surface area contributed by atoms with E-state index in [2.05, 4.69) is 22.5 Å². The predicted molar refractivity (Wildman–Crippen MR) is 141 cm³/mol. The molecule has 210 valence electrons. The van der Waals surface area contributed by atoms with Crippen molar-refractivity contribution in [2.24, 2.45) is 5.73 Å². The Morgan fingerprint density at radius 2 is 1.72 bits per heavy atom. The van der Waals surface area contributed by atoms with E-state index >= 15 is 0 Å². The van der Waals surface area contributed by atoms with Gasteiger partial charge in [0.1, 0.15) is 0 Å². The Bertz CT molecular complexity index is 1240. The van der Waals surface area contributed by atoms with Crippen molar-refractivity contribution in [1.29, 1.82) is 0 Å². The van der Waals surface area contributed by atoms with Crippen LogP contribution in [0.2, 0.25) is 0 Å². The van der Waals surface area contributed by atoms with Crippen molar-refractivity contribution in [3.63, 3.8) is 0 Å². The zero-order valence-corrected chi connectivity index (χ0v) is 22.2. The second kappa shape index (κ2) is 11.8. The van der Waals surface area contributed by atoms with E-state index < -0.39 is 23.6 Å². The lowest BCUT2D eigenvalue weighted by molar-refractivity contribution is -0.137. The molecule has 1 aliphatic heterocycles. The maximum atomic E-state index is 12.9. The van der Waals surface area contributed by atoms with E-state index in [0.717, 1.165) is 68.5 Å². The number of amides is 3. The van der Waals surface area contributed by atoms with Crippen molar-refractivity contribution < 1.29 is 27.6 Å². The van der Waals surface area contributed by atoms with Gasteiger partial charge in [0.2, 0.25) is 11.8 Å². The van der Waals surface area contributed by atoms with Gasteiger partial charge in [-0.05, 0) is 92.8 Å². The maximum Gasteiger partial charge on any atom is 0.416 e. The summed E-state index contributed by atoms with van der Waals surface area (Å²) in [6.45, 7) is 5.30. The van der Waals surface area contributed by atoms with Gasteiger partial charge >= 0.3 is 6.18 Å². The summed E-state index contributed by atoms with van der Waals surface area (Å²) < 4.78 is 38.7. The fraction of sp³-hybridized carbons (Fsp3) is 0.483. The van der Waals surface area contributed by atoms with Gasteiger partial charge in [0.15, 0.2) is 0 Å². The summed E-state index contributed by atoms with van der Waals surface area (Å²) in [4.78, 5) is 38.7. The first-order valence-electron chi connectivity index (χ1n) is 13.3. The third kappa shape index (κ3) is 6.79. The summed E-state index contributed by atoms with van der Waals surface area (Å²) in [5, 5.41) is 5.35. The average molecular weight is 545 g/mol. The number of carbonyl (C=O) groups excluding carboxylic acids is 3. The number of carbonyl (C=O) groups is 3. The van der Waals surface area contributed by atoms with Crippen molar-refractivity contribution in [1.82, 2.24) is 15.5 Å². The first-order valence-corrected chi connectivity index (χ1v) is 13.3. The minimum Gasteiger partial charge on any atom is -0.366 e. The molecule has 0 spiro atoms. The molecule has 7 nitrogen and oxygen atoms in total. The van der Waals surface area contributed by atoms with Crippen molar-refractivity contribution in [2.75, 3.05) is 19.6 Å². The van der Waals surface area contributed by atoms with Crippen molar-refractivity contribution in [2.45, 2.75) is 70.1 Å². The van der Waals surface area contributed by atoms with Gasteiger partial charge in [0.05, 0.1) is 12.1 Å². The first kappa shape index (κ1) is 28.6. The molecule has 2 fully saturated rings. The molecule has 0 aromatic heterocycles. The summed E-state index contributed by atoms with van der Waals surface area (Å²) in [6, 6.07) is 8.40. The highest BCUT2D eigenvalue weighted by molar-refractivity contribution is 5.96. The number of nitrogens with one attached hydrogen (secondary N) is 2. The quantitative estimate of drug-likeness (QED) is 0.489. The highest BCUT2D eigenvalue weighted by atomic mass is 19.4. The molecular formula is C29H35F3N4O3. The predicted octanol–water partition coefficient (Wildman–Crippen LogP) is 4.07. The molecule has 39 heavy (non-hydrogen) atoms. The van der Waals surface area contributed by atoms with Crippen LogP contribution in [-0.4, -0.2) is 54.3 Å². The minimum absolute atomic E-state index is 0.0353. The lowest BCUT2D eigenvalue weighted by Crippen LogP contribution is -2.44. The Labute approximate surface area is 226 Å². The topological polar surface area (TPSA) is 105 Å². The highest BCUT2D eigenvalue weighted by Crippen LogP contribution is 2.38. The van der Waals surface area contributed by atoms with Crippen LogP contribution in [0.5, 0.6) is 0 Å². The molecule has 4 N–H and O–H groups in total. The summed E-state index contributed by atoms with van der Waals surface area (Å²) in [6.07, 6.45) is 0.464. The maximum absolute atomic E-state index is 12.9. The van der Waals surface area contributed by atoms with E-state index in [1.165, 1.54) is 17.7 Å². The van der Waals surface area contributed by atoms with Gasteiger partial charge < -0.3 is 16.4 Å². The van der Waals surface area contributed by atoms with Gasteiger partial charge in [-0.25, -0.2) is 0 Å². The van der Waals surface area contributed by atoms with Crippen molar-refractivity contribution in [3.05, 3.63) is 69.8 Å². The third-order valence-corrected chi connectivity index (χ3v) is 8.19. The Balaban J connectivity index is 1.22. The van der Waals surface area contributed by atoms with Crippen LogP contribution in [0.1, 0.15) is 81.0 Å². The number of nitrogens with zero attached hydrogens (tertiary/aromatic N) is 1. The number of rotatable bonds is 7. The molecule has 1 heterocycles. The molecule has 1 saturated carbocycles. The van der Waals surface area contributed by atoms with Crippen LogP contribution >= 0.6 is 0 Å². The van der Waals surface area contributed by atoms with E-state index in [0.29, 0.717) is 17.5 Å². The average Bonchev–Trinajstić information content (AvgIpc) is 3.36. The number of likely N-dealkylation sites (tertiary alicyclic amines) is 1. The highest BCUT2D eigenvalue weighted by Gasteiger charge is 2.33. The standard InChI is InChI=1S/C29H35F3N4O3/c1-17-18(2)25(27(33)38)11-10-24(17)19-6-8-23(9-7-19)36-13-12-22(16-36)35-26(37)15-34-28(39)20-4-3-5-21(14-20)29(30,31)32/h3-5,10-11,14,19,22-23H,6-9,12-13,15-16H2,1-2H3,(H2,33,38)(H,34,39)(H,35,37)/t19?,22-,23?/m1/s1. The molecule has 1 saturated heterocycles. The number of benzene rings is 2. The van der Waals surface area contributed by atoms with Crippen LogP contribution in [0, 0.1) is 13.8 Å². The van der Waals surface area contributed by atoms with E-state index in [1.54, 1.807) is 0 Å². The number of halogens is 3. The number of nitrogens with two attached hydrogens (primary N) is 1. The summed E-state index contributed by atoms with van der Waals surface area (Å²) in [7, 11) is 0. The smallest absolute Gasteiger partial charge is 0.366 e. The zero-order chi connectivity index (χ0) is 28.3. The number of alkyl halides is 3. The van der Waals surface area contributed by atoms with Gasteiger partial charge in [-0.1, -0.05) is 12.1 Å². The normalized spacial score (nSPS) is 21.9. The van der Waals surface area contributed by atoms with Crippen LogP contribution in [0.15, 0.2) is 36.4 Å². The van der Waals surface area contributed by atoms with Gasteiger partial charge in [-0.3, -0.25) is 19.3 Å². The molecule has 1 atom stereocenters. The van der Waals surface area contributed by atoms with Gasteiger partial charge in [0.25, 0.3) is 5.91 Å². The van der Waals surface area contributed by atoms with Crippen LogP contribution in [0.25, 0.3) is 0 Å². The fourth-order valence-electron chi connectivity index (χ4n) is 5.92. The summed E-state index contributed by atoms with van der Waals surface area (Å²) >= 11 is 0. The number of primary amides is 1. The minimum atomic E-state index is -4.54. The van der Waals surface area contributed by atoms with Crippen LogP contribution < -0.4 is 16.4 Å². The molecule has 1 aliphatic carbocycles. The molecule has 10 heteroatoms. The fourth-order valence-corrected chi connectivity index (χ4v) is 5.92. The SMILES string of the molecule is Cc1c(C(N)=O)ccc(C2CCC(N3CC[C@@H](NC(=O)CNC(=O)c4cccc(C(F)(F)F)c4)C3)CC2)c1C. The number of hydrogen-bond donors (Lipinski definition) is 3. The zero-order valence-electron chi connectivity index (χ0n) is 22.2. The van der Waals surface area contributed by atoms with E-state index in [4.69, 9.17) is 5.73 Å². The largest absolute Gasteiger partial charge is 0.416 e. The first-order chi connectivity index (χ1) is 18.4. The molecule has 0 unspecified atom stereocenters. The summed E-state index contributed by atoms with van der Waals surface area (Å²) in [5.41, 5.74) is 8.38. The van der Waals surface area contributed by atoms with E-state index in [1.807, 2.05) is 19.1 Å². The van der Waals surface area contributed by atoms with Crippen LogP contribution in [0.4, 0.5) is 13.2 Å². The van der Waals surface area contributed by atoms with Gasteiger partial charge in [-0.2, -0.15) is 13.2 Å². The van der Waals surface area contributed by atoms with E-state index in [-0.39, 0.29) is 24.1 Å². The molecular weight excluding hydrogens is 509 g/mol.